The van der Waals surface area contributed by atoms with Gasteiger partial charge in [-0.15, -0.1) is 0 Å². The summed E-state index contributed by atoms with van der Waals surface area (Å²) >= 11 is 18.6. The molecule has 3 aromatic rings. The smallest absolute Gasteiger partial charge is 0.326 e. The number of hydrogen-bond acceptors (Lipinski definition) is 3. The molecule has 0 aliphatic heterocycles. The third-order valence-electron chi connectivity index (χ3n) is 3.97. The molecule has 0 atom stereocenters. The molecule has 3 amide bonds. The Balaban J connectivity index is 1.74. The minimum Gasteiger partial charge on any atom is -0.453 e. The first-order valence-electron chi connectivity index (χ1n) is 8.65. The Morgan fingerprint density at radius 2 is 1.52 bits per heavy atom. The molecule has 0 radical (unpaired) electrons. The van der Waals surface area contributed by atoms with E-state index in [4.69, 9.17) is 39.5 Å². The van der Waals surface area contributed by atoms with E-state index < -0.39 is 29.1 Å². The molecule has 160 valence electrons. The maximum atomic E-state index is 13.7. The fourth-order valence-corrected chi connectivity index (χ4v) is 3.41. The molecule has 0 saturated heterocycles. The Morgan fingerprint density at radius 3 is 2.10 bits per heavy atom. The lowest BCUT2D eigenvalue weighted by Gasteiger charge is -2.14. The number of anilines is 1. The van der Waals surface area contributed by atoms with Crippen LogP contribution in [0.1, 0.15) is 15.9 Å². The summed E-state index contributed by atoms with van der Waals surface area (Å²) in [4.78, 5) is 24.1. The topological polar surface area (TPSA) is 67.4 Å². The number of benzene rings is 3. The third-order valence-corrected chi connectivity index (χ3v) is 4.83. The third kappa shape index (κ3) is 5.44. The largest absolute Gasteiger partial charge is 0.453 e. The van der Waals surface area contributed by atoms with Crippen molar-refractivity contribution in [3.8, 4) is 11.5 Å². The van der Waals surface area contributed by atoms with E-state index in [1.165, 1.54) is 12.1 Å². The molecule has 2 N–H and O–H groups in total. The molecule has 0 aliphatic carbocycles. The van der Waals surface area contributed by atoms with Gasteiger partial charge in [-0.1, -0.05) is 46.9 Å². The number of amides is 3. The van der Waals surface area contributed by atoms with Crippen LogP contribution in [0.3, 0.4) is 0 Å². The first kappa shape index (κ1) is 22.8. The van der Waals surface area contributed by atoms with Crippen LogP contribution >= 0.6 is 34.8 Å². The Morgan fingerprint density at radius 1 is 0.903 bits per heavy atom. The van der Waals surface area contributed by atoms with Gasteiger partial charge in [0.15, 0.2) is 5.75 Å². The van der Waals surface area contributed by atoms with E-state index in [-0.39, 0.29) is 21.5 Å². The SMILES string of the molecule is Cc1ccc(Oc2c(Cl)cc(NC(=O)NC(=O)c3c(F)cccc3F)cc2Cl)c(Cl)c1. The zero-order valence-electron chi connectivity index (χ0n) is 15.7. The average Bonchev–Trinajstić information content (AvgIpc) is 2.65. The molecule has 0 bridgehead atoms. The number of ether oxygens (including phenoxy) is 1. The van der Waals surface area contributed by atoms with E-state index in [2.05, 4.69) is 5.32 Å². The lowest BCUT2D eigenvalue weighted by atomic mass is 10.2. The van der Waals surface area contributed by atoms with Crippen molar-refractivity contribution in [2.75, 3.05) is 5.32 Å². The van der Waals surface area contributed by atoms with E-state index in [1.54, 1.807) is 18.2 Å². The fourth-order valence-electron chi connectivity index (χ4n) is 2.57. The molecular weight excluding hydrogens is 473 g/mol. The van der Waals surface area contributed by atoms with E-state index in [9.17, 15) is 18.4 Å². The van der Waals surface area contributed by atoms with Crippen molar-refractivity contribution in [1.82, 2.24) is 5.32 Å². The second kappa shape index (κ2) is 9.51. The Labute approximate surface area is 190 Å². The van der Waals surface area contributed by atoms with Gasteiger partial charge in [-0.3, -0.25) is 10.1 Å². The molecule has 10 heteroatoms. The van der Waals surface area contributed by atoms with Gasteiger partial charge in [0.05, 0.1) is 15.1 Å². The van der Waals surface area contributed by atoms with Gasteiger partial charge >= 0.3 is 6.03 Å². The van der Waals surface area contributed by atoms with Crippen molar-refractivity contribution >= 4 is 52.4 Å². The highest BCUT2D eigenvalue weighted by Crippen LogP contribution is 2.40. The maximum Gasteiger partial charge on any atom is 0.326 e. The monoisotopic (exact) mass is 484 g/mol. The molecule has 0 unspecified atom stereocenters. The quantitative estimate of drug-likeness (QED) is 0.418. The number of nitrogens with one attached hydrogen (secondary N) is 2. The van der Waals surface area contributed by atoms with Gasteiger partial charge in [0, 0.05) is 5.69 Å². The normalized spacial score (nSPS) is 10.5. The minimum atomic E-state index is -1.25. The van der Waals surface area contributed by atoms with Crippen LogP contribution in [-0.2, 0) is 0 Å². The molecule has 3 rings (SSSR count). The highest BCUT2D eigenvalue weighted by Gasteiger charge is 2.20. The second-order valence-corrected chi connectivity index (χ2v) is 7.53. The van der Waals surface area contributed by atoms with Crippen LogP contribution in [0.25, 0.3) is 0 Å². The van der Waals surface area contributed by atoms with Crippen molar-refractivity contribution in [3.05, 3.63) is 86.4 Å². The molecule has 0 aromatic heterocycles. The maximum absolute atomic E-state index is 13.7. The Bertz CT molecular complexity index is 1150. The van der Waals surface area contributed by atoms with Crippen molar-refractivity contribution in [1.29, 1.82) is 0 Å². The number of imide groups is 1. The molecule has 5 nitrogen and oxygen atoms in total. The standard InChI is InChI=1S/C21H13Cl3F2N2O3/c1-10-5-6-17(12(22)7-10)31-19-13(23)8-11(9-14(19)24)27-21(30)28-20(29)18-15(25)3-2-4-16(18)26/h2-9H,1H3,(H2,27,28,29,30). The van der Waals surface area contributed by atoms with E-state index in [0.29, 0.717) is 10.8 Å². The molecule has 0 fully saturated rings. The van der Waals surface area contributed by atoms with Gasteiger partial charge in [-0.2, -0.15) is 0 Å². The summed E-state index contributed by atoms with van der Waals surface area (Å²) in [7, 11) is 0. The van der Waals surface area contributed by atoms with Gasteiger partial charge in [0.1, 0.15) is 22.9 Å². The highest BCUT2D eigenvalue weighted by molar-refractivity contribution is 6.38. The number of carbonyl (C=O) groups is 2. The Kier molecular flexibility index (Phi) is 7.00. The molecule has 31 heavy (non-hydrogen) atoms. The van der Waals surface area contributed by atoms with Crippen LogP contribution in [0.2, 0.25) is 15.1 Å². The predicted molar refractivity (Wildman–Crippen MR) is 116 cm³/mol. The predicted octanol–water partition coefficient (Wildman–Crippen LogP) is 6.99. The first-order valence-corrected chi connectivity index (χ1v) is 9.78. The number of aryl methyl sites for hydroxylation is 1. The zero-order chi connectivity index (χ0) is 22.7. The van der Waals surface area contributed by atoms with Crippen LogP contribution in [0.4, 0.5) is 19.3 Å². The van der Waals surface area contributed by atoms with Gasteiger partial charge < -0.3 is 10.1 Å². The van der Waals surface area contributed by atoms with E-state index in [0.717, 1.165) is 23.8 Å². The average molecular weight is 486 g/mol. The van der Waals surface area contributed by atoms with Gasteiger partial charge in [-0.05, 0) is 48.9 Å². The lowest BCUT2D eigenvalue weighted by molar-refractivity contribution is 0.0959. The summed E-state index contributed by atoms with van der Waals surface area (Å²) in [6.07, 6.45) is 0. The molecule has 0 spiro atoms. The van der Waals surface area contributed by atoms with Gasteiger partial charge in [-0.25, -0.2) is 13.6 Å². The van der Waals surface area contributed by atoms with Crippen molar-refractivity contribution < 1.29 is 23.1 Å². The molecule has 3 aromatic carbocycles. The first-order chi connectivity index (χ1) is 14.7. The molecule has 0 heterocycles. The van der Waals surface area contributed by atoms with Crippen LogP contribution in [0, 0.1) is 18.6 Å². The fraction of sp³-hybridized carbons (Fsp3) is 0.0476. The van der Waals surface area contributed by atoms with Crippen LogP contribution in [0.5, 0.6) is 11.5 Å². The molecular formula is C21H13Cl3F2N2O3. The number of carbonyl (C=O) groups excluding carboxylic acids is 2. The van der Waals surface area contributed by atoms with Crippen molar-refractivity contribution in [2.24, 2.45) is 0 Å². The molecule has 0 saturated carbocycles. The number of halogens is 5. The Hall–Kier alpha value is -2.87. The number of urea groups is 1. The van der Waals surface area contributed by atoms with Crippen molar-refractivity contribution in [2.45, 2.75) is 6.92 Å². The van der Waals surface area contributed by atoms with Crippen LogP contribution < -0.4 is 15.4 Å². The van der Waals surface area contributed by atoms with Crippen LogP contribution in [-0.4, -0.2) is 11.9 Å². The summed E-state index contributed by atoms with van der Waals surface area (Å²) in [6, 6.07) is 9.62. The number of hydrogen-bond donors (Lipinski definition) is 2. The minimum absolute atomic E-state index is 0.0471. The summed E-state index contributed by atoms with van der Waals surface area (Å²) in [6.45, 7) is 1.87. The highest BCUT2D eigenvalue weighted by atomic mass is 35.5. The number of rotatable bonds is 4. The lowest BCUT2D eigenvalue weighted by Crippen LogP contribution is -2.35. The summed E-state index contributed by atoms with van der Waals surface area (Å²) in [5.41, 5.74) is 0.161. The summed E-state index contributed by atoms with van der Waals surface area (Å²) in [5, 5.41) is 4.58. The summed E-state index contributed by atoms with van der Waals surface area (Å²) in [5.74, 6) is -3.03. The van der Waals surface area contributed by atoms with E-state index in [1.807, 2.05) is 12.2 Å². The van der Waals surface area contributed by atoms with Crippen molar-refractivity contribution in [3.63, 3.8) is 0 Å². The summed E-state index contributed by atoms with van der Waals surface area (Å²) < 4.78 is 33.0. The second-order valence-electron chi connectivity index (χ2n) is 6.31. The zero-order valence-corrected chi connectivity index (χ0v) is 18.0. The molecule has 0 aliphatic rings. The van der Waals surface area contributed by atoms with Crippen LogP contribution in [0.15, 0.2) is 48.5 Å². The van der Waals surface area contributed by atoms with Gasteiger partial charge in [0.25, 0.3) is 5.91 Å². The van der Waals surface area contributed by atoms with E-state index >= 15 is 0 Å². The van der Waals surface area contributed by atoms with Gasteiger partial charge in [0.2, 0.25) is 0 Å².